The van der Waals surface area contributed by atoms with Gasteiger partial charge in [-0.1, -0.05) is 30.0 Å². The standard InChI is InChI=1S/C19H20N4O3S2/c1-9-5-6-12(7-10(9)2)13-8-27-16-14(13)17(25)23(4)19(22-16)28-11(3)15(24)21-18(20)26/h5-8,11H,1-4H3,(H3,20,21,24,26)/t11-/m1/s1. The third kappa shape index (κ3) is 3.81. The van der Waals surface area contributed by atoms with Crippen LogP contribution in [-0.4, -0.2) is 26.7 Å². The summed E-state index contributed by atoms with van der Waals surface area (Å²) in [6.45, 7) is 5.70. The molecule has 0 aliphatic heterocycles. The first-order valence-electron chi connectivity index (χ1n) is 8.52. The van der Waals surface area contributed by atoms with Crippen molar-refractivity contribution in [2.45, 2.75) is 31.2 Å². The van der Waals surface area contributed by atoms with Crippen molar-refractivity contribution in [2.24, 2.45) is 12.8 Å². The number of benzene rings is 1. The fourth-order valence-electron chi connectivity index (χ4n) is 2.71. The van der Waals surface area contributed by atoms with Crippen LogP contribution < -0.4 is 16.6 Å². The van der Waals surface area contributed by atoms with Crippen molar-refractivity contribution in [3.63, 3.8) is 0 Å². The average Bonchev–Trinajstić information content (AvgIpc) is 3.05. The maximum atomic E-state index is 13.0. The number of urea groups is 1. The summed E-state index contributed by atoms with van der Waals surface area (Å²) in [6, 6.07) is 5.19. The van der Waals surface area contributed by atoms with Gasteiger partial charge in [0.1, 0.15) is 4.83 Å². The van der Waals surface area contributed by atoms with Crippen molar-refractivity contribution < 1.29 is 9.59 Å². The van der Waals surface area contributed by atoms with E-state index in [4.69, 9.17) is 5.73 Å². The van der Waals surface area contributed by atoms with E-state index in [2.05, 4.69) is 11.1 Å². The zero-order valence-electron chi connectivity index (χ0n) is 15.9. The Balaban J connectivity index is 2.03. The molecule has 9 heteroatoms. The highest BCUT2D eigenvalue weighted by Crippen LogP contribution is 2.33. The topological polar surface area (TPSA) is 107 Å². The van der Waals surface area contributed by atoms with Crippen molar-refractivity contribution in [3.05, 3.63) is 45.1 Å². The summed E-state index contributed by atoms with van der Waals surface area (Å²) < 4.78 is 1.43. The number of hydrogen-bond acceptors (Lipinski definition) is 6. The quantitative estimate of drug-likeness (QED) is 0.502. The van der Waals surface area contributed by atoms with Gasteiger partial charge in [-0.3, -0.25) is 19.5 Å². The maximum Gasteiger partial charge on any atom is 0.318 e. The summed E-state index contributed by atoms with van der Waals surface area (Å²) in [5.41, 5.74) is 8.98. The van der Waals surface area contributed by atoms with E-state index in [1.807, 2.05) is 36.7 Å². The molecule has 0 unspecified atom stereocenters. The molecule has 3 N–H and O–H groups in total. The molecule has 2 aromatic heterocycles. The van der Waals surface area contributed by atoms with Crippen LogP contribution in [0.25, 0.3) is 21.3 Å². The minimum atomic E-state index is -0.911. The number of aromatic nitrogens is 2. The van der Waals surface area contributed by atoms with Gasteiger partial charge < -0.3 is 5.73 Å². The predicted molar refractivity (Wildman–Crippen MR) is 113 cm³/mol. The molecular formula is C19H20N4O3S2. The van der Waals surface area contributed by atoms with E-state index in [9.17, 15) is 14.4 Å². The number of fused-ring (bicyclic) bond motifs is 1. The van der Waals surface area contributed by atoms with Crippen LogP contribution in [0.3, 0.4) is 0 Å². The predicted octanol–water partition coefficient (Wildman–Crippen LogP) is 2.95. The fourth-order valence-corrected chi connectivity index (χ4v) is 4.58. The Bertz CT molecular complexity index is 1150. The summed E-state index contributed by atoms with van der Waals surface area (Å²) in [6.07, 6.45) is 0. The van der Waals surface area contributed by atoms with Gasteiger partial charge in [0.05, 0.1) is 10.6 Å². The van der Waals surface area contributed by atoms with Crippen LogP contribution in [0.2, 0.25) is 0 Å². The van der Waals surface area contributed by atoms with Gasteiger partial charge in [0.15, 0.2) is 5.16 Å². The Hall–Kier alpha value is -2.65. The van der Waals surface area contributed by atoms with Gasteiger partial charge in [-0.05, 0) is 37.5 Å². The monoisotopic (exact) mass is 416 g/mol. The molecule has 3 aromatic rings. The fraction of sp³-hybridized carbons (Fsp3) is 0.263. The van der Waals surface area contributed by atoms with Gasteiger partial charge in [-0.2, -0.15) is 0 Å². The summed E-state index contributed by atoms with van der Waals surface area (Å²) in [7, 11) is 1.62. The Morgan fingerprint density at radius 1 is 1.29 bits per heavy atom. The lowest BCUT2D eigenvalue weighted by atomic mass is 10.0. The second-order valence-corrected chi connectivity index (χ2v) is 8.67. The van der Waals surface area contributed by atoms with Crippen LogP contribution in [0, 0.1) is 13.8 Å². The Kier molecular flexibility index (Phi) is 5.57. The molecular weight excluding hydrogens is 396 g/mol. The highest BCUT2D eigenvalue weighted by Gasteiger charge is 2.21. The van der Waals surface area contributed by atoms with Crippen molar-refractivity contribution in [1.82, 2.24) is 14.9 Å². The number of thiophene rings is 1. The molecule has 0 saturated carbocycles. The minimum Gasteiger partial charge on any atom is -0.351 e. The van der Waals surface area contributed by atoms with Gasteiger partial charge in [-0.25, -0.2) is 9.78 Å². The number of carbonyl (C=O) groups is 2. The van der Waals surface area contributed by atoms with Crippen LogP contribution in [0.4, 0.5) is 4.79 Å². The smallest absolute Gasteiger partial charge is 0.318 e. The van der Waals surface area contributed by atoms with Crippen LogP contribution in [0.15, 0.2) is 33.5 Å². The van der Waals surface area contributed by atoms with Crippen molar-refractivity contribution in [3.8, 4) is 11.1 Å². The highest BCUT2D eigenvalue weighted by molar-refractivity contribution is 8.00. The van der Waals surface area contributed by atoms with Crippen LogP contribution >= 0.6 is 23.1 Å². The van der Waals surface area contributed by atoms with E-state index in [1.54, 1.807) is 14.0 Å². The molecule has 2 heterocycles. The van der Waals surface area contributed by atoms with E-state index in [0.29, 0.717) is 15.4 Å². The molecule has 0 spiro atoms. The number of thioether (sulfide) groups is 1. The number of aryl methyl sites for hydroxylation is 2. The molecule has 0 radical (unpaired) electrons. The normalized spacial score (nSPS) is 12.1. The van der Waals surface area contributed by atoms with Crippen LogP contribution in [0.5, 0.6) is 0 Å². The number of carbonyl (C=O) groups excluding carboxylic acids is 2. The highest BCUT2D eigenvalue weighted by atomic mass is 32.2. The molecule has 28 heavy (non-hydrogen) atoms. The molecule has 0 bridgehead atoms. The lowest BCUT2D eigenvalue weighted by Crippen LogP contribution is -2.39. The zero-order valence-corrected chi connectivity index (χ0v) is 17.5. The number of rotatable bonds is 4. The second-order valence-electron chi connectivity index (χ2n) is 6.50. The number of nitrogens with zero attached hydrogens (tertiary/aromatic N) is 2. The van der Waals surface area contributed by atoms with Gasteiger partial charge in [0.2, 0.25) is 5.91 Å². The largest absolute Gasteiger partial charge is 0.351 e. The average molecular weight is 417 g/mol. The number of nitrogens with two attached hydrogens (primary N) is 1. The van der Waals surface area contributed by atoms with Gasteiger partial charge in [-0.15, -0.1) is 11.3 Å². The van der Waals surface area contributed by atoms with Crippen molar-refractivity contribution >= 4 is 45.3 Å². The number of nitrogens with one attached hydrogen (secondary N) is 1. The SMILES string of the molecule is Cc1ccc(-c2csc3nc(S[C@H](C)C(=O)NC(N)=O)n(C)c(=O)c23)cc1C. The van der Waals surface area contributed by atoms with E-state index in [1.165, 1.54) is 21.5 Å². The third-order valence-electron chi connectivity index (χ3n) is 4.49. The zero-order chi connectivity index (χ0) is 20.6. The Morgan fingerprint density at radius 2 is 2.00 bits per heavy atom. The van der Waals surface area contributed by atoms with Crippen molar-refractivity contribution in [2.75, 3.05) is 0 Å². The van der Waals surface area contributed by atoms with E-state index in [0.717, 1.165) is 28.5 Å². The number of amides is 3. The van der Waals surface area contributed by atoms with E-state index >= 15 is 0 Å². The van der Waals surface area contributed by atoms with Gasteiger partial charge in [0.25, 0.3) is 5.56 Å². The molecule has 0 aliphatic rings. The number of imide groups is 1. The summed E-state index contributed by atoms with van der Waals surface area (Å²) >= 11 is 2.49. The summed E-state index contributed by atoms with van der Waals surface area (Å²) in [5.74, 6) is -0.533. The molecule has 1 aromatic carbocycles. The van der Waals surface area contributed by atoms with E-state index < -0.39 is 17.2 Å². The Labute approximate surface area is 170 Å². The molecule has 0 aliphatic carbocycles. The Morgan fingerprint density at radius 3 is 2.64 bits per heavy atom. The lowest BCUT2D eigenvalue weighted by Gasteiger charge is -2.12. The maximum absolute atomic E-state index is 13.0. The van der Waals surface area contributed by atoms with Crippen molar-refractivity contribution in [1.29, 1.82) is 0 Å². The first-order chi connectivity index (χ1) is 13.2. The molecule has 7 nitrogen and oxygen atoms in total. The number of primary amides is 1. The minimum absolute atomic E-state index is 0.176. The summed E-state index contributed by atoms with van der Waals surface area (Å²) in [5, 5.41) is 4.30. The number of hydrogen-bond donors (Lipinski definition) is 2. The van der Waals surface area contributed by atoms with Gasteiger partial charge >= 0.3 is 6.03 Å². The molecule has 0 fully saturated rings. The van der Waals surface area contributed by atoms with Crippen LogP contribution in [0.1, 0.15) is 18.1 Å². The second kappa shape index (κ2) is 7.76. The molecule has 0 saturated heterocycles. The molecule has 1 atom stereocenters. The third-order valence-corrected chi connectivity index (χ3v) is 6.51. The van der Waals surface area contributed by atoms with Gasteiger partial charge in [0, 0.05) is 18.0 Å². The van der Waals surface area contributed by atoms with E-state index in [-0.39, 0.29) is 5.56 Å². The first kappa shape index (κ1) is 20.1. The summed E-state index contributed by atoms with van der Waals surface area (Å²) in [4.78, 5) is 41.0. The first-order valence-corrected chi connectivity index (χ1v) is 10.3. The molecule has 3 amide bonds. The molecule has 3 rings (SSSR count). The van der Waals surface area contributed by atoms with Crippen LogP contribution in [-0.2, 0) is 11.8 Å². The lowest BCUT2D eigenvalue weighted by molar-refractivity contribution is -0.119. The molecule has 146 valence electrons.